The third-order valence-corrected chi connectivity index (χ3v) is 5.79. The van der Waals surface area contributed by atoms with E-state index in [-0.39, 0.29) is 0 Å². The summed E-state index contributed by atoms with van der Waals surface area (Å²) in [7, 11) is -3.13. The lowest BCUT2D eigenvalue weighted by Gasteiger charge is -2.31. The fourth-order valence-electron chi connectivity index (χ4n) is 3.00. The Morgan fingerprint density at radius 2 is 1.68 bits per heavy atom. The van der Waals surface area contributed by atoms with Gasteiger partial charge in [-0.05, 0) is 74.9 Å². The lowest BCUT2D eigenvalue weighted by Crippen LogP contribution is -2.36. The molecule has 0 spiro atoms. The summed E-state index contributed by atoms with van der Waals surface area (Å²) < 4.78 is 28.7. The molecular weight excluding hydrogens is 298 g/mol. The second-order valence-electron chi connectivity index (χ2n) is 6.74. The predicted molar refractivity (Wildman–Crippen MR) is 86.9 cm³/mol. The van der Waals surface area contributed by atoms with Crippen LogP contribution in [-0.2, 0) is 9.84 Å². The van der Waals surface area contributed by atoms with Crippen molar-refractivity contribution < 1.29 is 13.2 Å². The van der Waals surface area contributed by atoms with E-state index in [9.17, 15) is 8.42 Å². The lowest BCUT2D eigenvalue weighted by molar-refractivity contribution is 0.138. The minimum Gasteiger partial charge on any atom is -0.493 e. The van der Waals surface area contributed by atoms with E-state index in [1.54, 1.807) is 24.3 Å². The maximum atomic E-state index is 11.4. The van der Waals surface area contributed by atoms with Crippen molar-refractivity contribution in [3.63, 3.8) is 0 Å². The van der Waals surface area contributed by atoms with Gasteiger partial charge < -0.3 is 9.64 Å². The van der Waals surface area contributed by atoms with Crippen LogP contribution in [0.1, 0.15) is 25.7 Å². The monoisotopic (exact) mass is 323 g/mol. The highest BCUT2D eigenvalue weighted by molar-refractivity contribution is 7.90. The summed E-state index contributed by atoms with van der Waals surface area (Å²) >= 11 is 0. The molecule has 0 unspecified atom stereocenters. The second-order valence-corrected chi connectivity index (χ2v) is 8.76. The van der Waals surface area contributed by atoms with Crippen LogP contribution in [0.2, 0.25) is 0 Å². The molecule has 5 heteroatoms. The summed E-state index contributed by atoms with van der Waals surface area (Å²) in [5, 5.41) is 0. The first-order valence-electron chi connectivity index (χ1n) is 8.16. The van der Waals surface area contributed by atoms with E-state index in [0.717, 1.165) is 18.3 Å². The number of ether oxygens (including phenoxy) is 1. The lowest BCUT2D eigenvalue weighted by atomic mass is 9.97. The first kappa shape index (κ1) is 15.8. The average molecular weight is 323 g/mol. The molecule has 22 heavy (non-hydrogen) atoms. The molecule has 0 atom stereocenters. The van der Waals surface area contributed by atoms with Crippen molar-refractivity contribution in [2.75, 3.05) is 32.5 Å². The molecule has 0 bridgehead atoms. The Balaban J connectivity index is 1.43. The highest BCUT2D eigenvalue weighted by atomic mass is 32.2. The molecule has 0 radical (unpaired) electrons. The first-order chi connectivity index (χ1) is 10.5. The molecule has 122 valence electrons. The van der Waals surface area contributed by atoms with Gasteiger partial charge in [0.25, 0.3) is 0 Å². The molecule has 4 nitrogen and oxygen atoms in total. The third kappa shape index (κ3) is 4.46. The van der Waals surface area contributed by atoms with Gasteiger partial charge in [0.15, 0.2) is 9.84 Å². The van der Waals surface area contributed by atoms with Gasteiger partial charge in [-0.1, -0.05) is 0 Å². The first-order valence-corrected chi connectivity index (χ1v) is 10.0. The number of hydrogen-bond donors (Lipinski definition) is 0. The number of nitrogens with zero attached hydrogens (tertiary/aromatic N) is 1. The van der Waals surface area contributed by atoms with Gasteiger partial charge in [0, 0.05) is 12.8 Å². The van der Waals surface area contributed by atoms with Crippen molar-refractivity contribution >= 4 is 9.84 Å². The van der Waals surface area contributed by atoms with Crippen LogP contribution in [0.25, 0.3) is 0 Å². The van der Waals surface area contributed by atoms with E-state index in [1.807, 2.05) is 0 Å². The average Bonchev–Trinajstić information content (AvgIpc) is 3.30. The summed E-state index contributed by atoms with van der Waals surface area (Å²) in [6.07, 6.45) is 6.47. The van der Waals surface area contributed by atoms with E-state index < -0.39 is 9.84 Å². The molecule has 2 aliphatic rings. The Morgan fingerprint density at radius 3 is 2.23 bits per heavy atom. The van der Waals surface area contributed by atoms with Gasteiger partial charge in [-0.2, -0.15) is 0 Å². The van der Waals surface area contributed by atoms with E-state index in [4.69, 9.17) is 4.74 Å². The molecule has 0 N–H and O–H groups in total. The van der Waals surface area contributed by atoms with Crippen LogP contribution in [0.4, 0.5) is 0 Å². The Labute approximate surface area is 133 Å². The molecule has 1 saturated heterocycles. The molecule has 1 aliphatic heterocycles. The molecule has 1 heterocycles. The van der Waals surface area contributed by atoms with Crippen LogP contribution < -0.4 is 4.74 Å². The maximum absolute atomic E-state index is 11.4. The zero-order chi connectivity index (χ0) is 15.6. The number of benzene rings is 1. The second kappa shape index (κ2) is 6.59. The van der Waals surface area contributed by atoms with Gasteiger partial charge in [-0.3, -0.25) is 0 Å². The van der Waals surface area contributed by atoms with Crippen LogP contribution in [0.15, 0.2) is 29.2 Å². The fourth-order valence-corrected chi connectivity index (χ4v) is 3.63. The Bertz CT molecular complexity index is 585. The van der Waals surface area contributed by atoms with Crippen LogP contribution in [0.5, 0.6) is 5.75 Å². The van der Waals surface area contributed by atoms with Gasteiger partial charge in [-0.15, -0.1) is 0 Å². The number of hydrogen-bond acceptors (Lipinski definition) is 4. The van der Waals surface area contributed by atoms with E-state index in [0.29, 0.717) is 10.8 Å². The molecule has 1 aliphatic carbocycles. The van der Waals surface area contributed by atoms with Crippen molar-refractivity contribution in [2.24, 2.45) is 11.8 Å². The molecule has 3 rings (SSSR count). The molecule has 0 amide bonds. The predicted octanol–water partition coefficient (Wildman–Crippen LogP) is 2.59. The SMILES string of the molecule is CS(=O)(=O)c1ccc(OCC2CCN(CC3CC3)CC2)cc1. The smallest absolute Gasteiger partial charge is 0.175 e. The van der Waals surface area contributed by atoms with Crippen LogP contribution in [0, 0.1) is 11.8 Å². The van der Waals surface area contributed by atoms with Crippen LogP contribution in [0.3, 0.4) is 0 Å². The minimum absolute atomic E-state index is 0.341. The standard InChI is InChI=1S/C17H25NO3S/c1-22(19,20)17-6-4-16(5-7-17)21-13-15-8-10-18(11-9-15)12-14-2-3-14/h4-7,14-15H,2-3,8-13H2,1H3. The van der Waals surface area contributed by atoms with E-state index in [1.165, 1.54) is 51.6 Å². The molecular formula is C17H25NO3S. The number of rotatable bonds is 6. The molecule has 0 aromatic heterocycles. The highest BCUT2D eigenvalue weighted by Gasteiger charge is 2.27. The zero-order valence-corrected chi connectivity index (χ0v) is 14.0. The molecule has 2 fully saturated rings. The molecule has 1 saturated carbocycles. The topological polar surface area (TPSA) is 46.6 Å². The van der Waals surface area contributed by atoms with Crippen molar-refractivity contribution in [3.05, 3.63) is 24.3 Å². The summed E-state index contributed by atoms with van der Waals surface area (Å²) in [4.78, 5) is 2.93. The molecule has 1 aromatic rings. The summed E-state index contributed by atoms with van der Waals surface area (Å²) in [5.41, 5.74) is 0. The number of likely N-dealkylation sites (tertiary alicyclic amines) is 1. The van der Waals surface area contributed by atoms with E-state index >= 15 is 0 Å². The Hall–Kier alpha value is -1.07. The maximum Gasteiger partial charge on any atom is 0.175 e. The third-order valence-electron chi connectivity index (χ3n) is 4.66. The zero-order valence-electron chi connectivity index (χ0n) is 13.2. The quantitative estimate of drug-likeness (QED) is 0.807. The fraction of sp³-hybridized carbons (Fsp3) is 0.647. The van der Waals surface area contributed by atoms with Crippen molar-refractivity contribution in [2.45, 2.75) is 30.6 Å². The Kier molecular flexibility index (Phi) is 4.73. The van der Waals surface area contributed by atoms with Gasteiger partial charge in [0.05, 0.1) is 11.5 Å². The normalized spacial score (nSPS) is 21.0. The molecule has 1 aromatic carbocycles. The summed E-state index contributed by atoms with van der Waals surface area (Å²) in [5.74, 6) is 2.35. The number of piperidine rings is 1. The van der Waals surface area contributed by atoms with Crippen LogP contribution >= 0.6 is 0 Å². The van der Waals surface area contributed by atoms with Crippen LogP contribution in [-0.4, -0.2) is 45.8 Å². The van der Waals surface area contributed by atoms with Gasteiger partial charge in [0.1, 0.15) is 5.75 Å². The van der Waals surface area contributed by atoms with Gasteiger partial charge >= 0.3 is 0 Å². The largest absolute Gasteiger partial charge is 0.493 e. The van der Waals surface area contributed by atoms with Crippen molar-refractivity contribution in [1.29, 1.82) is 0 Å². The highest BCUT2D eigenvalue weighted by Crippen LogP contribution is 2.31. The van der Waals surface area contributed by atoms with E-state index in [2.05, 4.69) is 4.90 Å². The summed E-state index contributed by atoms with van der Waals surface area (Å²) in [6, 6.07) is 6.73. The van der Waals surface area contributed by atoms with Crippen molar-refractivity contribution in [1.82, 2.24) is 4.90 Å². The van der Waals surface area contributed by atoms with Crippen molar-refractivity contribution in [3.8, 4) is 5.75 Å². The summed E-state index contributed by atoms with van der Waals surface area (Å²) in [6.45, 7) is 4.41. The number of sulfone groups is 1. The Morgan fingerprint density at radius 1 is 1.05 bits per heavy atom. The minimum atomic E-state index is -3.13. The van der Waals surface area contributed by atoms with Gasteiger partial charge in [-0.25, -0.2) is 8.42 Å². The van der Waals surface area contributed by atoms with Gasteiger partial charge in [0.2, 0.25) is 0 Å².